The van der Waals surface area contributed by atoms with Crippen LogP contribution < -0.4 is 10.5 Å². The predicted octanol–water partition coefficient (Wildman–Crippen LogP) is 2.84. The van der Waals surface area contributed by atoms with Gasteiger partial charge in [-0.05, 0) is 31.0 Å². The third-order valence-corrected chi connectivity index (χ3v) is 4.76. The summed E-state index contributed by atoms with van der Waals surface area (Å²) in [6.45, 7) is 1.35. The van der Waals surface area contributed by atoms with Gasteiger partial charge in [-0.1, -0.05) is 5.16 Å². The van der Waals surface area contributed by atoms with Crippen LogP contribution in [0.3, 0.4) is 0 Å². The first-order chi connectivity index (χ1) is 14.1. The number of hydrogen-bond donors (Lipinski definition) is 1. The molecule has 1 aliphatic rings. The fraction of sp³-hybridized carbons (Fsp3) is 0.300. The predicted molar refractivity (Wildman–Crippen MR) is 99.6 cm³/mol. The lowest BCUT2D eigenvalue weighted by Crippen LogP contribution is -2.21. The van der Waals surface area contributed by atoms with Gasteiger partial charge >= 0.3 is 0 Å². The highest BCUT2D eigenvalue weighted by Gasteiger charge is 2.23. The van der Waals surface area contributed by atoms with E-state index < -0.39 is 11.7 Å². The molecule has 1 aliphatic heterocycles. The van der Waals surface area contributed by atoms with Crippen molar-refractivity contribution < 1.29 is 23.2 Å². The van der Waals surface area contributed by atoms with Crippen molar-refractivity contribution in [2.75, 3.05) is 13.2 Å². The fourth-order valence-corrected chi connectivity index (χ4v) is 3.27. The van der Waals surface area contributed by atoms with Crippen molar-refractivity contribution in [3.8, 4) is 17.3 Å². The summed E-state index contributed by atoms with van der Waals surface area (Å²) in [7, 11) is 0. The van der Waals surface area contributed by atoms with Gasteiger partial charge in [-0.3, -0.25) is 9.78 Å². The Hall–Kier alpha value is -3.33. The molecule has 0 aromatic carbocycles. The van der Waals surface area contributed by atoms with E-state index in [-0.39, 0.29) is 12.5 Å². The number of rotatable bonds is 6. The molecule has 150 valence electrons. The van der Waals surface area contributed by atoms with Gasteiger partial charge in [-0.2, -0.15) is 0 Å². The zero-order valence-electron chi connectivity index (χ0n) is 15.5. The van der Waals surface area contributed by atoms with Gasteiger partial charge in [0.25, 0.3) is 5.91 Å². The van der Waals surface area contributed by atoms with Gasteiger partial charge in [0.05, 0.1) is 28.7 Å². The second-order valence-corrected chi connectivity index (χ2v) is 6.67. The highest BCUT2D eigenvalue weighted by atomic mass is 19.1. The Morgan fingerprint density at radius 2 is 2.07 bits per heavy atom. The number of nitrogens with two attached hydrogens (primary N) is 1. The number of carbonyl (C=O) groups excluding carboxylic acids is 1. The van der Waals surface area contributed by atoms with E-state index in [0.29, 0.717) is 47.3 Å². The van der Waals surface area contributed by atoms with Crippen molar-refractivity contribution in [3.63, 3.8) is 0 Å². The number of pyridine rings is 2. The molecule has 0 spiro atoms. The SMILES string of the molecule is NC(=O)c1ccc(OCc2conc2-c2ccc(F)cn2)nc1C1CCOCC1. The lowest BCUT2D eigenvalue weighted by atomic mass is 9.92. The summed E-state index contributed by atoms with van der Waals surface area (Å²) < 4.78 is 29.3. The van der Waals surface area contributed by atoms with Crippen molar-refractivity contribution in [3.05, 3.63) is 59.4 Å². The van der Waals surface area contributed by atoms with E-state index >= 15 is 0 Å². The van der Waals surface area contributed by atoms with E-state index in [2.05, 4.69) is 15.1 Å². The Kier molecular flexibility index (Phi) is 5.48. The highest BCUT2D eigenvalue weighted by molar-refractivity contribution is 5.94. The molecule has 0 saturated carbocycles. The summed E-state index contributed by atoms with van der Waals surface area (Å²) >= 11 is 0. The van der Waals surface area contributed by atoms with Gasteiger partial charge in [0.1, 0.15) is 24.4 Å². The molecule has 4 heterocycles. The normalized spacial score (nSPS) is 14.7. The van der Waals surface area contributed by atoms with Crippen molar-refractivity contribution in [1.82, 2.24) is 15.1 Å². The van der Waals surface area contributed by atoms with Crippen molar-refractivity contribution in [2.24, 2.45) is 5.73 Å². The summed E-state index contributed by atoms with van der Waals surface area (Å²) in [4.78, 5) is 20.3. The van der Waals surface area contributed by atoms with Crippen LogP contribution in [0.25, 0.3) is 11.4 Å². The van der Waals surface area contributed by atoms with E-state index in [0.717, 1.165) is 19.0 Å². The number of aromatic nitrogens is 3. The van der Waals surface area contributed by atoms with E-state index in [9.17, 15) is 9.18 Å². The van der Waals surface area contributed by atoms with E-state index in [1.165, 1.54) is 18.4 Å². The largest absolute Gasteiger partial charge is 0.473 e. The van der Waals surface area contributed by atoms with Gasteiger partial charge < -0.3 is 19.7 Å². The van der Waals surface area contributed by atoms with Crippen LogP contribution >= 0.6 is 0 Å². The van der Waals surface area contributed by atoms with Crippen molar-refractivity contribution in [2.45, 2.75) is 25.4 Å². The molecule has 0 radical (unpaired) electrons. The minimum atomic E-state index is -0.519. The first-order valence-corrected chi connectivity index (χ1v) is 9.18. The lowest BCUT2D eigenvalue weighted by Gasteiger charge is -2.23. The minimum absolute atomic E-state index is 0.0874. The summed E-state index contributed by atoms with van der Waals surface area (Å²) in [6, 6.07) is 6.05. The Morgan fingerprint density at radius 1 is 1.24 bits per heavy atom. The van der Waals surface area contributed by atoms with Gasteiger partial charge in [0.15, 0.2) is 0 Å². The Balaban J connectivity index is 1.54. The first kappa shape index (κ1) is 19.0. The number of nitrogens with zero attached hydrogens (tertiary/aromatic N) is 3. The molecule has 1 saturated heterocycles. The number of ether oxygens (including phenoxy) is 2. The average molecular weight is 398 g/mol. The van der Waals surface area contributed by atoms with Crippen LogP contribution in [0.15, 0.2) is 41.2 Å². The molecule has 1 amide bonds. The zero-order valence-corrected chi connectivity index (χ0v) is 15.5. The second kappa shape index (κ2) is 8.36. The van der Waals surface area contributed by atoms with Crippen LogP contribution in [0.2, 0.25) is 0 Å². The Morgan fingerprint density at radius 3 is 2.79 bits per heavy atom. The molecule has 0 aliphatic carbocycles. The summed E-state index contributed by atoms with van der Waals surface area (Å²) in [5, 5.41) is 3.92. The average Bonchev–Trinajstić information content (AvgIpc) is 3.22. The minimum Gasteiger partial charge on any atom is -0.473 e. The first-order valence-electron chi connectivity index (χ1n) is 9.18. The number of primary amides is 1. The van der Waals surface area contributed by atoms with Crippen LogP contribution in [0.4, 0.5) is 4.39 Å². The van der Waals surface area contributed by atoms with Gasteiger partial charge in [0, 0.05) is 25.2 Å². The molecule has 0 unspecified atom stereocenters. The Bertz CT molecular complexity index is 1000. The molecule has 8 nitrogen and oxygen atoms in total. The number of carbonyl (C=O) groups is 1. The maximum absolute atomic E-state index is 13.1. The number of amides is 1. The van der Waals surface area contributed by atoms with Crippen LogP contribution in [0.1, 0.15) is 40.4 Å². The highest BCUT2D eigenvalue weighted by Crippen LogP contribution is 2.30. The topological polar surface area (TPSA) is 113 Å². The van der Waals surface area contributed by atoms with Crippen LogP contribution in [0, 0.1) is 5.82 Å². The van der Waals surface area contributed by atoms with E-state index in [1.807, 2.05) is 0 Å². The van der Waals surface area contributed by atoms with Gasteiger partial charge in [0.2, 0.25) is 5.88 Å². The Labute approximate surface area is 165 Å². The maximum Gasteiger partial charge on any atom is 0.250 e. The smallest absolute Gasteiger partial charge is 0.250 e. The van der Waals surface area contributed by atoms with Crippen LogP contribution in [-0.4, -0.2) is 34.2 Å². The molecule has 2 N–H and O–H groups in total. The molecular formula is C20H19FN4O4. The van der Waals surface area contributed by atoms with Crippen LogP contribution in [-0.2, 0) is 11.3 Å². The summed E-state index contributed by atoms with van der Waals surface area (Å²) in [5.41, 5.74) is 8.10. The van der Waals surface area contributed by atoms with Gasteiger partial charge in [-0.25, -0.2) is 9.37 Å². The third-order valence-electron chi connectivity index (χ3n) is 4.76. The molecule has 4 rings (SSSR count). The monoisotopic (exact) mass is 398 g/mol. The molecule has 3 aromatic rings. The number of hydrogen-bond acceptors (Lipinski definition) is 7. The molecule has 9 heteroatoms. The lowest BCUT2D eigenvalue weighted by molar-refractivity contribution is 0.0834. The fourth-order valence-electron chi connectivity index (χ4n) is 3.27. The van der Waals surface area contributed by atoms with Crippen molar-refractivity contribution >= 4 is 5.91 Å². The molecule has 3 aromatic heterocycles. The zero-order chi connectivity index (χ0) is 20.2. The van der Waals surface area contributed by atoms with E-state index in [4.69, 9.17) is 19.7 Å². The standard InChI is InChI=1S/C20H19FN4O4/c21-14-1-3-16(23-9-14)19-13(11-29-25-19)10-28-17-4-2-15(20(22)26)18(24-17)12-5-7-27-8-6-12/h1-4,9,11-12H,5-8,10H2,(H2,22,26). The maximum atomic E-state index is 13.1. The molecule has 0 atom stereocenters. The third kappa shape index (κ3) is 4.24. The summed E-state index contributed by atoms with van der Waals surface area (Å²) in [5.74, 6) is -0.510. The van der Waals surface area contributed by atoms with Crippen LogP contribution in [0.5, 0.6) is 5.88 Å². The van der Waals surface area contributed by atoms with Crippen molar-refractivity contribution in [1.29, 1.82) is 0 Å². The molecule has 1 fully saturated rings. The molecule has 0 bridgehead atoms. The molecular weight excluding hydrogens is 379 g/mol. The van der Waals surface area contributed by atoms with Gasteiger partial charge in [-0.15, -0.1) is 0 Å². The summed E-state index contributed by atoms with van der Waals surface area (Å²) in [6.07, 6.45) is 4.09. The number of halogens is 1. The van der Waals surface area contributed by atoms with E-state index in [1.54, 1.807) is 12.1 Å². The molecule has 29 heavy (non-hydrogen) atoms. The quantitative estimate of drug-likeness (QED) is 0.679. The second-order valence-electron chi connectivity index (χ2n) is 6.67.